The number of hydrogen-bond acceptors (Lipinski definition) is 3. The fourth-order valence-corrected chi connectivity index (χ4v) is 1.91. The smallest absolute Gasteiger partial charge is 0.224 e. The molecule has 0 bridgehead atoms. The van der Waals surface area contributed by atoms with Crippen LogP contribution in [0.2, 0.25) is 0 Å². The van der Waals surface area contributed by atoms with Crippen LogP contribution in [0.1, 0.15) is 22.8 Å². The van der Waals surface area contributed by atoms with Gasteiger partial charge < -0.3 is 11.1 Å². The molecular weight excluding hydrogens is 208 g/mol. The van der Waals surface area contributed by atoms with Crippen molar-refractivity contribution in [3.05, 3.63) is 29.3 Å². The number of rotatable bonds is 2. The lowest BCUT2D eigenvalue weighted by atomic mass is 9.99. The zero-order chi connectivity index (χ0) is 10.8. The Morgan fingerprint density at radius 2 is 2.27 bits per heavy atom. The summed E-state index contributed by atoms with van der Waals surface area (Å²) in [7, 11) is 0. The van der Waals surface area contributed by atoms with Gasteiger partial charge in [0.05, 0.1) is 0 Å². The number of aryl methyl sites for hydroxylation is 1. The molecule has 0 spiro atoms. The van der Waals surface area contributed by atoms with Gasteiger partial charge in [-0.2, -0.15) is 12.6 Å². The van der Waals surface area contributed by atoms with E-state index >= 15 is 0 Å². The average Bonchev–Trinajstić information content (AvgIpc) is 2.27. The third-order valence-corrected chi connectivity index (χ3v) is 3.14. The molecule has 1 unspecified atom stereocenters. The summed E-state index contributed by atoms with van der Waals surface area (Å²) < 4.78 is 0. The van der Waals surface area contributed by atoms with Crippen LogP contribution in [-0.2, 0) is 11.2 Å². The van der Waals surface area contributed by atoms with Crippen molar-refractivity contribution in [1.29, 1.82) is 0 Å². The molecule has 0 radical (unpaired) electrons. The van der Waals surface area contributed by atoms with E-state index in [0.717, 1.165) is 17.7 Å². The highest BCUT2D eigenvalue weighted by Crippen LogP contribution is 2.27. The summed E-state index contributed by atoms with van der Waals surface area (Å²) in [5.74, 6) is 0.0940. The van der Waals surface area contributed by atoms with Crippen LogP contribution in [0.25, 0.3) is 0 Å². The summed E-state index contributed by atoms with van der Waals surface area (Å²) in [5.41, 5.74) is 8.78. The Morgan fingerprint density at radius 3 is 3.00 bits per heavy atom. The molecule has 2 rings (SSSR count). The number of thiol groups is 1. The number of amides is 1. The van der Waals surface area contributed by atoms with Gasteiger partial charge in [-0.3, -0.25) is 4.79 Å². The highest BCUT2D eigenvalue weighted by Gasteiger charge is 2.15. The first kappa shape index (κ1) is 10.5. The number of carbonyl (C=O) groups is 1. The van der Waals surface area contributed by atoms with Gasteiger partial charge >= 0.3 is 0 Å². The molecule has 1 aliphatic rings. The van der Waals surface area contributed by atoms with Crippen molar-refractivity contribution < 1.29 is 4.79 Å². The summed E-state index contributed by atoms with van der Waals surface area (Å²) in [5, 5.41) is 2.93. The highest BCUT2D eigenvalue weighted by atomic mass is 32.1. The minimum Gasteiger partial charge on any atom is -0.329 e. The molecule has 1 heterocycles. The quantitative estimate of drug-likeness (QED) is 0.664. The Labute approximate surface area is 94.5 Å². The maximum absolute atomic E-state index is 11.2. The number of anilines is 1. The lowest BCUT2D eigenvalue weighted by molar-refractivity contribution is -0.116. The molecular formula is C11H14N2OS. The number of nitrogens with two attached hydrogens (primary N) is 1. The van der Waals surface area contributed by atoms with Gasteiger partial charge in [0, 0.05) is 23.9 Å². The normalized spacial score (nSPS) is 16.8. The Hall–Kier alpha value is -1.00. The van der Waals surface area contributed by atoms with Crippen molar-refractivity contribution in [3.63, 3.8) is 0 Å². The van der Waals surface area contributed by atoms with Crippen LogP contribution in [-0.4, -0.2) is 12.5 Å². The lowest BCUT2D eigenvalue weighted by Crippen LogP contribution is -2.19. The number of carbonyl (C=O) groups excluding carboxylic acids is 1. The largest absolute Gasteiger partial charge is 0.329 e. The Kier molecular flexibility index (Phi) is 2.98. The number of benzene rings is 1. The van der Waals surface area contributed by atoms with Gasteiger partial charge in [-0.05, 0) is 23.6 Å². The van der Waals surface area contributed by atoms with Crippen LogP contribution in [0.15, 0.2) is 18.2 Å². The summed E-state index contributed by atoms with van der Waals surface area (Å²) in [4.78, 5) is 11.2. The van der Waals surface area contributed by atoms with Gasteiger partial charge in [-0.25, -0.2) is 0 Å². The average molecular weight is 222 g/mol. The van der Waals surface area contributed by atoms with Crippen LogP contribution in [0.4, 0.5) is 5.69 Å². The summed E-state index contributed by atoms with van der Waals surface area (Å²) in [6.45, 7) is 0.522. The van der Waals surface area contributed by atoms with Crippen LogP contribution >= 0.6 is 12.6 Å². The molecule has 0 fully saturated rings. The molecule has 0 aromatic heterocycles. The molecule has 0 saturated heterocycles. The van der Waals surface area contributed by atoms with E-state index in [1.807, 2.05) is 12.1 Å². The van der Waals surface area contributed by atoms with E-state index in [1.165, 1.54) is 5.56 Å². The second kappa shape index (κ2) is 4.24. The van der Waals surface area contributed by atoms with E-state index in [0.29, 0.717) is 13.0 Å². The molecule has 4 heteroatoms. The van der Waals surface area contributed by atoms with Gasteiger partial charge in [0.1, 0.15) is 0 Å². The summed E-state index contributed by atoms with van der Waals surface area (Å²) >= 11 is 4.39. The van der Waals surface area contributed by atoms with Crippen molar-refractivity contribution in [3.8, 4) is 0 Å². The van der Waals surface area contributed by atoms with Gasteiger partial charge in [0.15, 0.2) is 0 Å². The van der Waals surface area contributed by atoms with Crippen LogP contribution in [0.3, 0.4) is 0 Å². The third kappa shape index (κ3) is 2.16. The highest BCUT2D eigenvalue weighted by molar-refractivity contribution is 7.80. The molecule has 1 aliphatic heterocycles. The van der Waals surface area contributed by atoms with Crippen molar-refractivity contribution in [2.45, 2.75) is 18.1 Å². The molecule has 0 saturated carbocycles. The van der Waals surface area contributed by atoms with Crippen molar-refractivity contribution in [2.75, 3.05) is 11.9 Å². The summed E-state index contributed by atoms with van der Waals surface area (Å²) in [6, 6.07) is 5.98. The number of hydrogen-bond donors (Lipinski definition) is 3. The first-order chi connectivity index (χ1) is 7.20. The zero-order valence-electron chi connectivity index (χ0n) is 8.36. The lowest BCUT2D eigenvalue weighted by Gasteiger charge is -2.18. The van der Waals surface area contributed by atoms with Crippen molar-refractivity contribution in [1.82, 2.24) is 0 Å². The fourth-order valence-electron chi connectivity index (χ4n) is 1.75. The predicted molar refractivity (Wildman–Crippen MR) is 64.2 cm³/mol. The van der Waals surface area contributed by atoms with E-state index in [2.05, 4.69) is 24.0 Å². The van der Waals surface area contributed by atoms with Gasteiger partial charge in [-0.1, -0.05) is 12.1 Å². The molecule has 15 heavy (non-hydrogen) atoms. The predicted octanol–water partition coefficient (Wildman–Crippen LogP) is 1.50. The molecule has 1 aromatic rings. The fraction of sp³-hybridized carbons (Fsp3) is 0.364. The zero-order valence-corrected chi connectivity index (χ0v) is 9.26. The molecule has 0 aliphatic carbocycles. The molecule has 3 nitrogen and oxygen atoms in total. The molecule has 1 aromatic carbocycles. The molecule has 1 atom stereocenters. The van der Waals surface area contributed by atoms with E-state index in [1.54, 1.807) is 0 Å². The van der Waals surface area contributed by atoms with E-state index in [4.69, 9.17) is 5.73 Å². The van der Waals surface area contributed by atoms with Crippen molar-refractivity contribution >= 4 is 24.2 Å². The standard InChI is InChI=1S/C11H14N2OS/c12-6-10(15)8-1-3-9-7(5-8)2-4-11(14)13-9/h1,3,5,10,15H,2,4,6,12H2,(H,13,14). The SMILES string of the molecule is NCC(S)c1ccc2c(c1)CCC(=O)N2. The second-order valence-corrected chi connectivity index (χ2v) is 4.34. The Morgan fingerprint density at radius 1 is 1.47 bits per heavy atom. The molecule has 1 amide bonds. The topological polar surface area (TPSA) is 55.1 Å². The van der Waals surface area contributed by atoms with Gasteiger partial charge in [0.2, 0.25) is 5.91 Å². The van der Waals surface area contributed by atoms with Gasteiger partial charge in [0.25, 0.3) is 0 Å². The van der Waals surface area contributed by atoms with Crippen LogP contribution in [0.5, 0.6) is 0 Å². The number of fused-ring (bicyclic) bond motifs is 1. The maximum atomic E-state index is 11.2. The maximum Gasteiger partial charge on any atom is 0.224 e. The minimum atomic E-state index is 0.0768. The minimum absolute atomic E-state index is 0.0768. The molecule has 80 valence electrons. The third-order valence-electron chi connectivity index (χ3n) is 2.63. The van der Waals surface area contributed by atoms with E-state index < -0.39 is 0 Å². The van der Waals surface area contributed by atoms with E-state index in [-0.39, 0.29) is 11.2 Å². The van der Waals surface area contributed by atoms with Crippen LogP contribution in [0, 0.1) is 0 Å². The first-order valence-corrected chi connectivity index (χ1v) is 5.53. The monoisotopic (exact) mass is 222 g/mol. The molecule has 3 N–H and O–H groups in total. The van der Waals surface area contributed by atoms with E-state index in [9.17, 15) is 4.79 Å². The number of nitrogens with one attached hydrogen (secondary N) is 1. The van der Waals surface area contributed by atoms with Gasteiger partial charge in [-0.15, -0.1) is 0 Å². The first-order valence-electron chi connectivity index (χ1n) is 5.01. The Bertz CT molecular complexity index is 392. The second-order valence-electron chi connectivity index (χ2n) is 3.72. The van der Waals surface area contributed by atoms with Crippen molar-refractivity contribution in [2.24, 2.45) is 5.73 Å². The Balaban J connectivity index is 2.30. The van der Waals surface area contributed by atoms with Crippen LogP contribution < -0.4 is 11.1 Å². The summed E-state index contributed by atoms with van der Waals surface area (Å²) in [6.07, 6.45) is 1.37.